The maximum atomic E-state index is 9.18. The number of aliphatic hydroxyl groups is 1. The molecule has 3 unspecified atom stereocenters. The van der Waals surface area contributed by atoms with Crippen LogP contribution in [0.4, 0.5) is 0 Å². The number of nitrogens with zero attached hydrogens (tertiary/aromatic N) is 1. The van der Waals surface area contributed by atoms with Gasteiger partial charge in [0.25, 0.3) is 0 Å². The Balaban J connectivity index is 2.59. The van der Waals surface area contributed by atoms with Crippen LogP contribution in [0.5, 0.6) is 0 Å². The van der Waals surface area contributed by atoms with Crippen LogP contribution >= 0.6 is 0 Å². The molecule has 1 aliphatic heterocycles. The summed E-state index contributed by atoms with van der Waals surface area (Å²) in [5.41, 5.74) is 0.209. The van der Waals surface area contributed by atoms with Crippen LogP contribution in [0.15, 0.2) is 0 Å². The summed E-state index contributed by atoms with van der Waals surface area (Å²) in [6.07, 6.45) is -0.0214. The zero-order valence-corrected chi connectivity index (χ0v) is 11.9. The quantitative estimate of drug-likeness (QED) is 0.747. The molecule has 0 amide bonds. The zero-order valence-electron chi connectivity index (χ0n) is 11.9. The molecule has 0 aromatic rings. The van der Waals surface area contributed by atoms with Crippen molar-refractivity contribution in [2.24, 2.45) is 5.41 Å². The van der Waals surface area contributed by atoms with E-state index in [2.05, 4.69) is 37.9 Å². The second-order valence-corrected chi connectivity index (χ2v) is 5.92. The maximum Gasteiger partial charge on any atom is 0.0933 e. The van der Waals surface area contributed by atoms with Gasteiger partial charge in [-0.25, -0.2) is 0 Å². The second kappa shape index (κ2) is 6.14. The van der Waals surface area contributed by atoms with E-state index in [1.165, 1.54) is 0 Å². The molecule has 102 valence electrons. The Kier molecular flexibility index (Phi) is 5.38. The Hall–Kier alpha value is -0.160. The van der Waals surface area contributed by atoms with Crippen molar-refractivity contribution in [2.45, 2.75) is 45.9 Å². The smallest absolute Gasteiger partial charge is 0.0933 e. The minimum absolute atomic E-state index is 0.0214. The van der Waals surface area contributed by atoms with E-state index in [0.29, 0.717) is 12.1 Å². The van der Waals surface area contributed by atoms with E-state index in [4.69, 9.17) is 4.74 Å². The van der Waals surface area contributed by atoms with Gasteiger partial charge in [-0.3, -0.25) is 4.90 Å². The van der Waals surface area contributed by atoms with E-state index in [1.54, 1.807) is 0 Å². The number of aliphatic hydroxyl groups excluding tert-OH is 1. The van der Waals surface area contributed by atoms with Crippen molar-refractivity contribution in [1.82, 2.24) is 10.2 Å². The van der Waals surface area contributed by atoms with E-state index < -0.39 is 0 Å². The molecule has 0 spiro atoms. The average molecular weight is 244 g/mol. The van der Waals surface area contributed by atoms with Crippen LogP contribution in [0.2, 0.25) is 0 Å². The average Bonchev–Trinajstić information content (AvgIpc) is 2.30. The summed E-state index contributed by atoms with van der Waals surface area (Å²) in [7, 11) is 2.01. The molecule has 1 aliphatic rings. The first kappa shape index (κ1) is 14.9. The first-order valence-electron chi connectivity index (χ1n) is 6.54. The topological polar surface area (TPSA) is 44.7 Å². The van der Waals surface area contributed by atoms with Crippen molar-refractivity contribution >= 4 is 0 Å². The van der Waals surface area contributed by atoms with Crippen molar-refractivity contribution in [1.29, 1.82) is 0 Å². The summed E-state index contributed by atoms with van der Waals surface area (Å²) in [5, 5.41) is 12.5. The SMILES string of the molecule is CNC(C)C(C)(C)CN1CC(CO)OCC1C. The lowest BCUT2D eigenvalue weighted by Gasteiger charge is -2.43. The lowest BCUT2D eigenvalue weighted by Crippen LogP contribution is -2.54. The molecular formula is C13H28N2O2. The van der Waals surface area contributed by atoms with Crippen LogP contribution in [0.3, 0.4) is 0 Å². The van der Waals surface area contributed by atoms with Gasteiger partial charge in [-0.1, -0.05) is 13.8 Å². The lowest BCUT2D eigenvalue weighted by atomic mass is 9.84. The zero-order chi connectivity index (χ0) is 13.1. The monoisotopic (exact) mass is 244 g/mol. The van der Waals surface area contributed by atoms with Gasteiger partial charge in [-0.2, -0.15) is 0 Å². The van der Waals surface area contributed by atoms with Crippen LogP contribution in [0, 0.1) is 5.41 Å². The van der Waals surface area contributed by atoms with Gasteiger partial charge in [-0.15, -0.1) is 0 Å². The summed E-state index contributed by atoms with van der Waals surface area (Å²) in [6.45, 7) is 11.7. The number of nitrogens with one attached hydrogen (secondary N) is 1. The summed E-state index contributed by atoms with van der Waals surface area (Å²) >= 11 is 0. The highest BCUT2D eigenvalue weighted by Crippen LogP contribution is 2.24. The molecule has 1 heterocycles. The van der Waals surface area contributed by atoms with Crippen molar-refractivity contribution in [3.05, 3.63) is 0 Å². The van der Waals surface area contributed by atoms with Crippen LogP contribution in [-0.4, -0.2) is 61.5 Å². The highest BCUT2D eigenvalue weighted by Gasteiger charge is 2.32. The number of ether oxygens (including phenoxy) is 1. The van der Waals surface area contributed by atoms with Gasteiger partial charge in [-0.05, 0) is 26.3 Å². The van der Waals surface area contributed by atoms with E-state index in [0.717, 1.165) is 19.7 Å². The van der Waals surface area contributed by atoms with Gasteiger partial charge in [0.05, 0.1) is 19.3 Å². The molecule has 0 saturated carbocycles. The summed E-state index contributed by atoms with van der Waals surface area (Å²) in [6, 6.07) is 0.895. The van der Waals surface area contributed by atoms with Gasteiger partial charge >= 0.3 is 0 Å². The van der Waals surface area contributed by atoms with Gasteiger partial charge in [0.1, 0.15) is 0 Å². The third kappa shape index (κ3) is 3.91. The van der Waals surface area contributed by atoms with Gasteiger partial charge in [0.2, 0.25) is 0 Å². The molecule has 0 aliphatic carbocycles. The van der Waals surface area contributed by atoms with Crippen LogP contribution in [-0.2, 0) is 4.74 Å². The predicted molar refractivity (Wildman–Crippen MR) is 70.2 cm³/mol. The fourth-order valence-electron chi connectivity index (χ4n) is 2.26. The molecule has 3 atom stereocenters. The fraction of sp³-hybridized carbons (Fsp3) is 1.00. The van der Waals surface area contributed by atoms with Crippen LogP contribution in [0.1, 0.15) is 27.7 Å². The third-order valence-corrected chi connectivity index (χ3v) is 4.05. The first-order valence-corrected chi connectivity index (χ1v) is 6.54. The number of hydrogen-bond acceptors (Lipinski definition) is 4. The van der Waals surface area contributed by atoms with E-state index >= 15 is 0 Å². The van der Waals surface area contributed by atoms with Crippen molar-refractivity contribution in [3.63, 3.8) is 0 Å². The third-order valence-electron chi connectivity index (χ3n) is 4.05. The maximum absolute atomic E-state index is 9.18. The van der Waals surface area contributed by atoms with Crippen molar-refractivity contribution in [3.8, 4) is 0 Å². The molecule has 4 nitrogen and oxygen atoms in total. The summed E-state index contributed by atoms with van der Waals surface area (Å²) in [4.78, 5) is 2.43. The molecule has 1 fully saturated rings. The number of hydrogen-bond donors (Lipinski definition) is 2. The Bertz CT molecular complexity index is 233. The molecule has 17 heavy (non-hydrogen) atoms. The van der Waals surface area contributed by atoms with Gasteiger partial charge in [0, 0.05) is 25.2 Å². The Morgan fingerprint density at radius 1 is 1.53 bits per heavy atom. The highest BCUT2D eigenvalue weighted by molar-refractivity contribution is 4.87. The van der Waals surface area contributed by atoms with Gasteiger partial charge < -0.3 is 15.2 Å². The number of rotatable bonds is 5. The Morgan fingerprint density at radius 2 is 2.18 bits per heavy atom. The van der Waals surface area contributed by atoms with E-state index in [9.17, 15) is 5.11 Å². The normalized spacial score (nSPS) is 29.3. The minimum Gasteiger partial charge on any atom is -0.394 e. The van der Waals surface area contributed by atoms with Crippen molar-refractivity contribution < 1.29 is 9.84 Å². The molecule has 1 saturated heterocycles. The number of morpholine rings is 1. The van der Waals surface area contributed by atoms with E-state index in [1.807, 2.05) is 7.05 Å². The molecular weight excluding hydrogens is 216 g/mol. The molecule has 1 rings (SSSR count). The fourth-order valence-corrected chi connectivity index (χ4v) is 2.26. The lowest BCUT2D eigenvalue weighted by molar-refractivity contribution is -0.0876. The molecule has 0 bridgehead atoms. The summed E-state index contributed by atoms with van der Waals surface area (Å²) < 4.78 is 5.56. The largest absolute Gasteiger partial charge is 0.394 e. The van der Waals surface area contributed by atoms with Crippen LogP contribution in [0.25, 0.3) is 0 Å². The second-order valence-electron chi connectivity index (χ2n) is 5.92. The standard InChI is InChI=1S/C13H28N2O2/c1-10-8-17-12(7-16)6-15(10)9-13(3,4)11(2)14-5/h10-12,14,16H,6-9H2,1-5H3. The Labute approximate surface area is 105 Å². The first-order chi connectivity index (χ1) is 7.90. The molecule has 0 radical (unpaired) electrons. The molecule has 2 N–H and O–H groups in total. The van der Waals surface area contributed by atoms with Crippen LogP contribution < -0.4 is 5.32 Å². The molecule has 0 aromatic heterocycles. The predicted octanol–water partition coefficient (Wildman–Crippen LogP) is 0.702. The Morgan fingerprint density at radius 3 is 2.71 bits per heavy atom. The summed E-state index contributed by atoms with van der Waals surface area (Å²) in [5.74, 6) is 0. The van der Waals surface area contributed by atoms with E-state index in [-0.39, 0.29) is 18.1 Å². The van der Waals surface area contributed by atoms with Crippen molar-refractivity contribution in [2.75, 3.05) is 33.4 Å². The highest BCUT2D eigenvalue weighted by atomic mass is 16.5. The van der Waals surface area contributed by atoms with Gasteiger partial charge in [0.15, 0.2) is 0 Å². The molecule has 4 heteroatoms. The minimum atomic E-state index is -0.0214. The molecule has 0 aromatic carbocycles.